The highest BCUT2D eigenvalue weighted by atomic mass is 31.2. The molecule has 118 valence electrons. The van der Waals surface area contributed by atoms with Crippen LogP contribution >= 0.6 is 7.60 Å². The molecule has 0 aromatic heterocycles. The molecular weight excluding hydrogens is 313 g/mol. The van der Waals surface area contributed by atoms with Crippen molar-refractivity contribution in [2.75, 3.05) is 14.2 Å². The Morgan fingerprint density at radius 1 is 1.09 bits per heavy atom. The highest BCUT2D eigenvalue weighted by Gasteiger charge is 2.71. The first kappa shape index (κ1) is 15.9. The molecular formula is C17H16NO4P. The molecule has 5 nitrogen and oxygen atoms in total. The lowest BCUT2D eigenvalue weighted by atomic mass is 10.0. The van der Waals surface area contributed by atoms with Crippen molar-refractivity contribution >= 4 is 7.60 Å². The third-order valence-corrected chi connectivity index (χ3v) is 6.39. The van der Waals surface area contributed by atoms with Crippen LogP contribution in [0.5, 0.6) is 0 Å². The van der Waals surface area contributed by atoms with E-state index in [0.29, 0.717) is 5.56 Å². The number of hydrogen-bond acceptors (Lipinski definition) is 5. The predicted molar refractivity (Wildman–Crippen MR) is 84.7 cm³/mol. The molecule has 1 aliphatic heterocycles. The summed E-state index contributed by atoms with van der Waals surface area (Å²) in [4.78, 5) is 0. The first-order valence-electron chi connectivity index (χ1n) is 7.06. The number of nitriles is 1. The Labute approximate surface area is 135 Å². The summed E-state index contributed by atoms with van der Waals surface area (Å²) in [6, 6.07) is 18.3. The lowest BCUT2D eigenvalue weighted by Gasteiger charge is -2.22. The number of hydrogen-bond donors (Lipinski definition) is 0. The lowest BCUT2D eigenvalue weighted by Crippen LogP contribution is -2.14. The summed E-state index contributed by atoms with van der Waals surface area (Å²) < 4.78 is 29.5. The van der Waals surface area contributed by atoms with Gasteiger partial charge < -0.3 is 13.8 Å². The largest absolute Gasteiger partial charge is 0.369 e. The molecule has 3 rings (SSSR count). The van der Waals surface area contributed by atoms with Gasteiger partial charge in [-0.1, -0.05) is 42.5 Å². The summed E-state index contributed by atoms with van der Waals surface area (Å²) in [5.41, 5.74) is 2.12. The summed E-state index contributed by atoms with van der Waals surface area (Å²) in [7, 11) is -0.815. The Balaban J connectivity index is 2.07. The minimum atomic E-state index is -3.52. The van der Waals surface area contributed by atoms with E-state index in [0.717, 1.165) is 11.1 Å². The van der Waals surface area contributed by atoms with Gasteiger partial charge in [0, 0.05) is 14.2 Å². The molecule has 1 fully saturated rings. The number of benzene rings is 2. The monoisotopic (exact) mass is 329 g/mol. The first-order valence-corrected chi connectivity index (χ1v) is 8.60. The third kappa shape index (κ3) is 2.41. The van der Waals surface area contributed by atoms with E-state index >= 15 is 0 Å². The van der Waals surface area contributed by atoms with Gasteiger partial charge in [0.2, 0.25) is 5.34 Å². The van der Waals surface area contributed by atoms with Crippen LogP contribution in [0.3, 0.4) is 0 Å². The highest BCUT2D eigenvalue weighted by Crippen LogP contribution is 2.79. The average molecular weight is 329 g/mol. The van der Waals surface area contributed by atoms with Crippen LogP contribution < -0.4 is 0 Å². The van der Waals surface area contributed by atoms with Crippen LogP contribution in [0.1, 0.15) is 22.8 Å². The maximum atomic E-state index is 13.1. The molecule has 6 heteroatoms. The zero-order chi connectivity index (χ0) is 16.5. The van der Waals surface area contributed by atoms with E-state index in [-0.39, 0.29) is 0 Å². The molecule has 1 saturated heterocycles. The quantitative estimate of drug-likeness (QED) is 0.613. The van der Waals surface area contributed by atoms with E-state index in [1.54, 1.807) is 24.3 Å². The highest BCUT2D eigenvalue weighted by molar-refractivity contribution is 7.55. The van der Waals surface area contributed by atoms with Crippen LogP contribution in [0.15, 0.2) is 54.6 Å². The molecule has 0 unspecified atom stereocenters. The van der Waals surface area contributed by atoms with Gasteiger partial charge in [-0.15, -0.1) is 0 Å². The van der Waals surface area contributed by atoms with Crippen molar-refractivity contribution in [2.45, 2.75) is 11.4 Å². The van der Waals surface area contributed by atoms with E-state index in [2.05, 4.69) is 6.07 Å². The molecule has 2 aromatic rings. The zero-order valence-corrected chi connectivity index (χ0v) is 13.7. The molecule has 0 bridgehead atoms. The number of rotatable bonds is 5. The second kappa shape index (κ2) is 5.92. The Hall–Kier alpha value is -1.96. The van der Waals surface area contributed by atoms with E-state index in [1.165, 1.54) is 14.2 Å². The van der Waals surface area contributed by atoms with Crippen molar-refractivity contribution in [2.24, 2.45) is 0 Å². The molecule has 0 aliphatic carbocycles. The molecule has 0 N–H and O–H groups in total. The Kier molecular flexibility index (Phi) is 4.09. The fraction of sp³-hybridized carbons (Fsp3) is 0.235. The van der Waals surface area contributed by atoms with Crippen molar-refractivity contribution in [1.82, 2.24) is 0 Å². The third-order valence-electron chi connectivity index (χ3n) is 4.01. The summed E-state index contributed by atoms with van der Waals surface area (Å²) in [5.74, 6) is 0. The second-order valence-electron chi connectivity index (χ2n) is 5.16. The van der Waals surface area contributed by atoms with Crippen LogP contribution in [0.25, 0.3) is 0 Å². The Bertz CT molecular complexity index is 776. The maximum absolute atomic E-state index is 13.1. The van der Waals surface area contributed by atoms with Crippen LogP contribution in [-0.2, 0) is 23.7 Å². The van der Waals surface area contributed by atoms with Crippen LogP contribution in [0.2, 0.25) is 0 Å². The van der Waals surface area contributed by atoms with Gasteiger partial charge >= 0.3 is 7.60 Å². The summed E-state index contributed by atoms with van der Waals surface area (Å²) >= 11 is 0. The Morgan fingerprint density at radius 3 is 2.22 bits per heavy atom. The van der Waals surface area contributed by atoms with Gasteiger partial charge in [0.15, 0.2) is 0 Å². The van der Waals surface area contributed by atoms with E-state index < -0.39 is 19.0 Å². The van der Waals surface area contributed by atoms with Gasteiger partial charge in [0.1, 0.15) is 6.10 Å². The van der Waals surface area contributed by atoms with Gasteiger partial charge in [-0.25, -0.2) is 0 Å². The Morgan fingerprint density at radius 2 is 1.70 bits per heavy atom. The standard InChI is InChI=1S/C17H16NO4P/c1-20-23(19,21-2)17(15-6-4-3-5-7-15)16(22-17)14-10-8-13(12-18)9-11-14/h3-11,16H,1-2H3/t16-,17+/m1/s1. The molecule has 0 amide bonds. The van der Waals surface area contributed by atoms with Crippen molar-refractivity contribution in [1.29, 1.82) is 5.26 Å². The van der Waals surface area contributed by atoms with Crippen molar-refractivity contribution in [3.63, 3.8) is 0 Å². The smallest absolute Gasteiger partial charge is 0.343 e. The molecule has 2 atom stereocenters. The molecule has 1 heterocycles. The van der Waals surface area contributed by atoms with Gasteiger partial charge in [-0.3, -0.25) is 4.57 Å². The average Bonchev–Trinajstić information content (AvgIpc) is 3.39. The van der Waals surface area contributed by atoms with Crippen molar-refractivity contribution in [3.8, 4) is 6.07 Å². The lowest BCUT2D eigenvalue weighted by molar-refractivity contribution is 0.229. The predicted octanol–water partition coefficient (Wildman–Crippen LogP) is 3.97. The van der Waals surface area contributed by atoms with E-state index in [1.807, 2.05) is 30.3 Å². The summed E-state index contributed by atoms with van der Waals surface area (Å²) in [6.45, 7) is 0. The topological polar surface area (TPSA) is 71.8 Å². The number of epoxide rings is 1. The molecule has 0 saturated carbocycles. The van der Waals surface area contributed by atoms with Crippen LogP contribution in [-0.4, -0.2) is 14.2 Å². The van der Waals surface area contributed by atoms with E-state index in [9.17, 15) is 4.57 Å². The fourth-order valence-corrected chi connectivity index (χ4v) is 4.61. The fourth-order valence-electron chi connectivity index (χ4n) is 2.78. The SMILES string of the molecule is COP(=O)(OC)[C@]1(c2ccccc2)O[C@@H]1c1ccc(C#N)cc1. The number of nitrogens with zero attached hydrogens (tertiary/aromatic N) is 1. The molecule has 0 radical (unpaired) electrons. The van der Waals surface area contributed by atoms with Gasteiger partial charge in [-0.2, -0.15) is 5.26 Å². The van der Waals surface area contributed by atoms with Crippen LogP contribution in [0, 0.1) is 11.3 Å². The van der Waals surface area contributed by atoms with Crippen molar-refractivity contribution in [3.05, 3.63) is 71.3 Å². The van der Waals surface area contributed by atoms with Crippen LogP contribution in [0.4, 0.5) is 0 Å². The molecule has 23 heavy (non-hydrogen) atoms. The van der Waals surface area contributed by atoms with Crippen molar-refractivity contribution < 1.29 is 18.3 Å². The summed E-state index contributed by atoms with van der Waals surface area (Å²) in [5, 5.41) is 7.74. The minimum absolute atomic E-state index is 0.455. The number of ether oxygens (including phenoxy) is 1. The first-order chi connectivity index (χ1) is 11.1. The molecule has 0 spiro atoms. The van der Waals surface area contributed by atoms with E-state index in [4.69, 9.17) is 19.0 Å². The summed E-state index contributed by atoms with van der Waals surface area (Å²) in [6.07, 6.45) is -0.455. The minimum Gasteiger partial charge on any atom is -0.343 e. The zero-order valence-electron chi connectivity index (χ0n) is 12.8. The molecule has 2 aromatic carbocycles. The molecule has 1 aliphatic rings. The van der Waals surface area contributed by atoms with Gasteiger partial charge in [-0.05, 0) is 23.3 Å². The normalized spacial score (nSPS) is 23.3. The second-order valence-corrected chi connectivity index (χ2v) is 7.55. The maximum Gasteiger partial charge on any atom is 0.369 e. The van der Waals surface area contributed by atoms with Gasteiger partial charge in [0.05, 0.1) is 11.6 Å². The van der Waals surface area contributed by atoms with Gasteiger partial charge in [0.25, 0.3) is 0 Å².